The van der Waals surface area contributed by atoms with Crippen LogP contribution in [-0.2, 0) is 9.53 Å². The van der Waals surface area contributed by atoms with Crippen LogP contribution in [0.1, 0.15) is 12.8 Å². The zero-order valence-electron chi connectivity index (χ0n) is 9.01. The zero-order valence-corrected chi connectivity index (χ0v) is 9.01. The summed E-state index contributed by atoms with van der Waals surface area (Å²) in [5, 5.41) is 0. The van der Waals surface area contributed by atoms with E-state index in [9.17, 15) is 4.79 Å². The van der Waals surface area contributed by atoms with Crippen LogP contribution >= 0.6 is 0 Å². The first-order valence-corrected chi connectivity index (χ1v) is 4.78. The standard InChI is InChI=1S/C10H15N3O2/c1-13(7-3-4-10(14)15-2)9-8-11-5-6-12-9/h5-6,8H,3-4,7H2,1-2H3. The van der Waals surface area contributed by atoms with E-state index >= 15 is 0 Å². The van der Waals surface area contributed by atoms with Gasteiger partial charge in [-0.15, -0.1) is 0 Å². The molecule has 1 aromatic heterocycles. The normalized spacial score (nSPS) is 9.73. The summed E-state index contributed by atoms with van der Waals surface area (Å²) in [5.41, 5.74) is 0. The molecule has 1 rings (SSSR count). The molecule has 0 bridgehead atoms. The van der Waals surface area contributed by atoms with Gasteiger partial charge in [-0.1, -0.05) is 0 Å². The lowest BCUT2D eigenvalue weighted by Gasteiger charge is -2.16. The maximum absolute atomic E-state index is 10.9. The number of anilines is 1. The van der Waals surface area contributed by atoms with Crippen LogP contribution in [0.2, 0.25) is 0 Å². The Labute approximate surface area is 89.1 Å². The van der Waals surface area contributed by atoms with Crippen molar-refractivity contribution in [3.05, 3.63) is 18.6 Å². The number of aromatic nitrogens is 2. The van der Waals surface area contributed by atoms with Gasteiger partial charge in [-0.2, -0.15) is 0 Å². The van der Waals surface area contributed by atoms with Gasteiger partial charge in [-0.05, 0) is 6.42 Å². The summed E-state index contributed by atoms with van der Waals surface area (Å²) in [6.07, 6.45) is 6.15. The fourth-order valence-electron chi connectivity index (χ4n) is 1.17. The number of esters is 1. The summed E-state index contributed by atoms with van der Waals surface area (Å²) in [5.74, 6) is 0.630. The van der Waals surface area contributed by atoms with Crippen LogP contribution in [-0.4, -0.2) is 36.6 Å². The van der Waals surface area contributed by atoms with Crippen LogP contribution in [0.15, 0.2) is 18.6 Å². The number of rotatable bonds is 5. The molecule has 0 aliphatic heterocycles. The molecule has 0 saturated heterocycles. The molecule has 0 N–H and O–H groups in total. The molecule has 0 aliphatic rings. The number of carbonyl (C=O) groups excluding carboxylic acids is 1. The number of hydrogen-bond acceptors (Lipinski definition) is 5. The topological polar surface area (TPSA) is 55.3 Å². The first-order chi connectivity index (χ1) is 7.24. The minimum atomic E-state index is -0.178. The molecule has 0 aromatic carbocycles. The quantitative estimate of drug-likeness (QED) is 0.673. The number of ether oxygens (including phenoxy) is 1. The van der Waals surface area contributed by atoms with E-state index in [0.29, 0.717) is 6.42 Å². The maximum Gasteiger partial charge on any atom is 0.305 e. The molecule has 0 radical (unpaired) electrons. The van der Waals surface area contributed by atoms with Crippen molar-refractivity contribution in [3.8, 4) is 0 Å². The summed E-state index contributed by atoms with van der Waals surface area (Å²) in [7, 11) is 3.32. The second kappa shape index (κ2) is 5.95. The number of carbonyl (C=O) groups is 1. The van der Waals surface area contributed by atoms with Crippen molar-refractivity contribution >= 4 is 11.8 Å². The Morgan fingerprint density at radius 2 is 2.33 bits per heavy atom. The van der Waals surface area contributed by atoms with Gasteiger partial charge in [0.05, 0.1) is 13.3 Å². The highest BCUT2D eigenvalue weighted by Gasteiger charge is 2.04. The van der Waals surface area contributed by atoms with Crippen molar-refractivity contribution in [3.63, 3.8) is 0 Å². The molecule has 0 amide bonds. The Hall–Kier alpha value is -1.65. The Morgan fingerprint density at radius 3 is 2.93 bits per heavy atom. The van der Waals surface area contributed by atoms with E-state index < -0.39 is 0 Å². The third kappa shape index (κ3) is 3.93. The van der Waals surface area contributed by atoms with Crippen molar-refractivity contribution in [2.75, 3.05) is 25.6 Å². The summed E-state index contributed by atoms with van der Waals surface area (Å²) in [6.45, 7) is 0.758. The van der Waals surface area contributed by atoms with Crippen LogP contribution in [0.5, 0.6) is 0 Å². The summed E-state index contributed by atoms with van der Waals surface area (Å²) < 4.78 is 4.55. The van der Waals surface area contributed by atoms with Gasteiger partial charge in [0.2, 0.25) is 0 Å². The Bertz CT molecular complexity index is 303. The molecule has 0 fully saturated rings. The lowest BCUT2D eigenvalue weighted by molar-refractivity contribution is -0.140. The van der Waals surface area contributed by atoms with Gasteiger partial charge in [0, 0.05) is 32.4 Å². The molecule has 0 spiro atoms. The zero-order chi connectivity index (χ0) is 11.1. The fourth-order valence-corrected chi connectivity index (χ4v) is 1.17. The average Bonchev–Trinajstić information content (AvgIpc) is 2.29. The van der Waals surface area contributed by atoms with Gasteiger partial charge in [0.15, 0.2) is 0 Å². The summed E-state index contributed by atoms with van der Waals surface area (Å²) in [6, 6.07) is 0. The number of nitrogens with zero attached hydrogens (tertiary/aromatic N) is 3. The monoisotopic (exact) mass is 209 g/mol. The minimum absolute atomic E-state index is 0.178. The van der Waals surface area contributed by atoms with E-state index in [2.05, 4.69) is 14.7 Å². The van der Waals surface area contributed by atoms with Crippen LogP contribution in [0.4, 0.5) is 5.82 Å². The van der Waals surface area contributed by atoms with Gasteiger partial charge < -0.3 is 9.64 Å². The third-order valence-corrected chi connectivity index (χ3v) is 2.04. The van der Waals surface area contributed by atoms with E-state index in [1.165, 1.54) is 7.11 Å². The Morgan fingerprint density at radius 1 is 1.53 bits per heavy atom. The van der Waals surface area contributed by atoms with Crippen molar-refractivity contribution < 1.29 is 9.53 Å². The third-order valence-electron chi connectivity index (χ3n) is 2.04. The van der Waals surface area contributed by atoms with Crippen LogP contribution < -0.4 is 4.90 Å². The second-order valence-corrected chi connectivity index (χ2v) is 3.16. The van der Waals surface area contributed by atoms with Crippen LogP contribution in [0, 0.1) is 0 Å². The molecular weight excluding hydrogens is 194 g/mol. The van der Waals surface area contributed by atoms with Crippen LogP contribution in [0.25, 0.3) is 0 Å². The number of methoxy groups -OCH3 is 1. The molecule has 1 aromatic rings. The molecule has 0 atom stereocenters. The first-order valence-electron chi connectivity index (χ1n) is 4.78. The van der Waals surface area contributed by atoms with E-state index in [1.807, 2.05) is 11.9 Å². The molecule has 5 heteroatoms. The molecular formula is C10H15N3O2. The maximum atomic E-state index is 10.9. The highest BCUT2D eigenvalue weighted by Crippen LogP contribution is 2.06. The van der Waals surface area contributed by atoms with Crippen LogP contribution in [0.3, 0.4) is 0 Å². The van der Waals surface area contributed by atoms with E-state index in [-0.39, 0.29) is 5.97 Å². The largest absolute Gasteiger partial charge is 0.469 e. The van der Waals surface area contributed by atoms with E-state index in [4.69, 9.17) is 0 Å². The molecule has 15 heavy (non-hydrogen) atoms. The Kier molecular flexibility index (Phi) is 4.53. The summed E-state index contributed by atoms with van der Waals surface area (Å²) >= 11 is 0. The van der Waals surface area contributed by atoms with Crippen molar-refractivity contribution in [1.82, 2.24) is 9.97 Å². The number of hydrogen-bond donors (Lipinski definition) is 0. The highest BCUT2D eigenvalue weighted by atomic mass is 16.5. The van der Waals surface area contributed by atoms with Crippen molar-refractivity contribution in [1.29, 1.82) is 0 Å². The van der Waals surface area contributed by atoms with Gasteiger partial charge in [0.25, 0.3) is 0 Å². The molecule has 0 aliphatic carbocycles. The van der Waals surface area contributed by atoms with E-state index in [0.717, 1.165) is 18.8 Å². The lowest BCUT2D eigenvalue weighted by Crippen LogP contribution is -2.20. The molecule has 1 heterocycles. The predicted molar refractivity (Wildman–Crippen MR) is 56.6 cm³/mol. The fraction of sp³-hybridized carbons (Fsp3) is 0.500. The lowest BCUT2D eigenvalue weighted by atomic mass is 10.3. The minimum Gasteiger partial charge on any atom is -0.469 e. The van der Waals surface area contributed by atoms with Gasteiger partial charge in [-0.3, -0.25) is 9.78 Å². The van der Waals surface area contributed by atoms with E-state index in [1.54, 1.807) is 18.6 Å². The van der Waals surface area contributed by atoms with Crippen molar-refractivity contribution in [2.24, 2.45) is 0 Å². The van der Waals surface area contributed by atoms with Gasteiger partial charge >= 0.3 is 5.97 Å². The van der Waals surface area contributed by atoms with Gasteiger partial charge in [0.1, 0.15) is 5.82 Å². The Balaban J connectivity index is 2.31. The predicted octanol–water partition coefficient (Wildman–Crippen LogP) is 0.866. The molecule has 82 valence electrons. The highest BCUT2D eigenvalue weighted by molar-refractivity contribution is 5.69. The molecule has 0 unspecified atom stereocenters. The molecule has 0 saturated carbocycles. The van der Waals surface area contributed by atoms with Gasteiger partial charge in [-0.25, -0.2) is 4.98 Å². The summed E-state index contributed by atoms with van der Waals surface area (Å²) in [4.78, 5) is 20.9. The van der Waals surface area contributed by atoms with Crippen molar-refractivity contribution in [2.45, 2.75) is 12.8 Å². The first kappa shape index (κ1) is 11.4. The average molecular weight is 209 g/mol. The SMILES string of the molecule is COC(=O)CCCN(C)c1cnccn1. The molecule has 5 nitrogen and oxygen atoms in total. The smallest absolute Gasteiger partial charge is 0.305 e. The second-order valence-electron chi connectivity index (χ2n) is 3.16.